The summed E-state index contributed by atoms with van der Waals surface area (Å²) in [4.78, 5) is 33.7. The number of rotatable bonds is 2. The number of piperazine rings is 1. The van der Waals surface area contributed by atoms with Crippen LogP contribution in [0.4, 0.5) is 0 Å². The van der Waals surface area contributed by atoms with E-state index in [9.17, 15) is 9.59 Å². The van der Waals surface area contributed by atoms with E-state index in [-0.39, 0.29) is 23.9 Å². The Morgan fingerprint density at radius 3 is 2.45 bits per heavy atom. The molecular formula is C24H31N3O2. The van der Waals surface area contributed by atoms with Crippen LogP contribution < -0.4 is 0 Å². The summed E-state index contributed by atoms with van der Waals surface area (Å²) in [7, 11) is 0. The number of amides is 2. The van der Waals surface area contributed by atoms with E-state index in [0.717, 1.165) is 36.8 Å². The van der Waals surface area contributed by atoms with Crippen molar-refractivity contribution in [1.82, 2.24) is 14.8 Å². The molecule has 2 fully saturated rings. The van der Waals surface area contributed by atoms with Gasteiger partial charge in [0.05, 0.1) is 0 Å². The zero-order valence-corrected chi connectivity index (χ0v) is 17.5. The molecule has 1 N–H and O–H groups in total. The van der Waals surface area contributed by atoms with E-state index in [1.807, 2.05) is 15.9 Å². The molecule has 1 aromatic carbocycles. The second-order valence-corrected chi connectivity index (χ2v) is 9.19. The van der Waals surface area contributed by atoms with Crippen molar-refractivity contribution in [2.75, 3.05) is 13.1 Å². The zero-order valence-electron chi connectivity index (χ0n) is 17.5. The van der Waals surface area contributed by atoms with Crippen molar-refractivity contribution in [3.63, 3.8) is 0 Å². The number of fused-ring (bicyclic) bond motifs is 3. The first-order valence-corrected chi connectivity index (χ1v) is 11.3. The molecule has 0 bridgehead atoms. The lowest BCUT2D eigenvalue weighted by Crippen LogP contribution is -2.61. The molecule has 0 radical (unpaired) electrons. The lowest BCUT2D eigenvalue weighted by molar-refractivity contribution is -0.143. The van der Waals surface area contributed by atoms with Crippen LogP contribution >= 0.6 is 0 Å². The molecule has 1 saturated heterocycles. The average molecular weight is 394 g/mol. The fourth-order valence-corrected chi connectivity index (χ4v) is 5.34. The van der Waals surface area contributed by atoms with Crippen molar-refractivity contribution in [1.29, 1.82) is 0 Å². The summed E-state index contributed by atoms with van der Waals surface area (Å²) >= 11 is 0. The SMILES string of the molecule is C[C@@H]1[C@H](C)N(C(=O)c2ccc3[nH]c4c(c3c2)CCCC4)CCN1C(=O)C1CCC1. The third-order valence-corrected chi connectivity index (χ3v) is 7.61. The molecule has 2 aliphatic carbocycles. The first-order chi connectivity index (χ1) is 14.0. The smallest absolute Gasteiger partial charge is 0.254 e. The number of carbonyl (C=O) groups is 2. The largest absolute Gasteiger partial charge is 0.358 e. The second-order valence-electron chi connectivity index (χ2n) is 9.19. The highest BCUT2D eigenvalue weighted by molar-refractivity contribution is 5.99. The number of H-pyrrole nitrogens is 1. The zero-order chi connectivity index (χ0) is 20.1. The van der Waals surface area contributed by atoms with Crippen LogP contribution in [0.5, 0.6) is 0 Å². The van der Waals surface area contributed by atoms with Crippen molar-refractivity contribution < 1.29 is 9.59 Å². The molecule has 29 heavy (non-hydrogen) atoms. The van der Waals surface area contributed by atoms with E-state index in [0.29, 0.717) is 19.0 Å². The molecule has 5 rings (SSSR count). The number of hydrogen-bond acceptors (Lipinski definition) is 2. The molecule has 3 aliphatic rings. The molecule has 154 valence electrons. The van der Waals surface area contributed by atoms with Gasteiger partial charge in [-0.2, -0.15) is 0 Å². The molecule has 2 aromatic rings. The summed E-state index contributed by atoms with van der Waals surface area (Å²) in [5, 5.41) is 1.21. The van der Waals surface area contributed by atoms with Crippen molar-refractivity contribution in [3.8, 4) is 0 Å². The van der Waals surface area contributed by atoms with Crippen molar-refractivity contribution >= 4 is 22.7 Å². The lowest BCUT2D eigenvalue weighted by atomic mass is 9.83. The fourth-order valence-electron chi connectivity index (χ4n) is 5.34. The van der Waals surface area contributed by atoms with Gasteiger partial charge in [0.25, 0.3) is 5.91 Å². The maximum absolute atomic E-state index is 13.4. The first kappa shape index (κ1) is 18.7. The summed E-state index contributed by atoms with van der Waals surface area (Å²) in [5.41, 5.74) is 4.66. The highest BCUT2D eigenvalue weighted by Gasteiger charge is 2.39. The van der Waals surface area contributed by atoms with Crippen LogP contribution in [-0.4, -0.2) is 51.8 Å². The van der Waals surface area contributed by atoms with Crippen LogP contribution in [0.3, 0.4) is 0 Å². The van der Waals surface area contributed by atoms with Crippen molar-refractivity contribution in [3.05, 3.63) is 35.0 Å². The number of aryl methyl sites for hydroxylation is 2. The normalized spacial score (nSPS) is 25.0. The van der Waals surface area contributed by atoms with Crippen molar-refractivity contribution in [2.24, 2.45) is 5.92 Å². The Bertz CT molecular complexity index is 958. The molecule has 0 spiro atoms. The quantitative estimate of drug-likeness (QED) is 0.841. The van der Waals surface area contributed by atoms with Crippen LogP contribution in [0.1, 0.15) is 67.6 Å². The molecule has 2 atom stereocenters. The van der Waals surface area contributed by atoms with Crippen LogP contribution in [-0.2, 0) is 17.6 Å². The monoisotopic (exact) mass is 393 g/mol. The summed E-state index contributed by atoms with van der Waals surface area (Å²) in [6.45, 7) is 5.44. The van der Waals surface area contributed by atoms with Gasteiger partial charge in [-0.1, -0.05) is 6.42 Å². The summed E-state index contributed by atoms with van der Waals surface area (Å²) in [5.74, 6) is 0.602. The topological polar surface area (TPSA) is 56.4 Å². The maximum Gasteiger partial charge on any atom is 0.254 e. The molecule has 2 amide bonds. The Morgan fingerprint density at radius 1 is 0.966 bits per heavy atom. The van der Waals surface area contributed by atoms with E-state index in [4.69, 9.17) is 0 Å². The number of nitrogens with zero attached hydrogens (tertiary/aromatic N) is 2. The lowest BCUT2D eigenvalue weighted by Gasteiger charge is -2.46. The van der Waals surface area contributed by atoms with Crippen LogP contribution in [0.25, 0.3) is 10.9 Å². The first-order valence-electron chi connectivity index (χ1n) is 11.3. The van der Waals surface area contributed by atoms with Gasteiger partial charge >= 0.3 is 0 Å². The molecule has 1 aliphatic heterocycles. The minimum atomic E-state index is 0.0242. The standard InChI is InChI=1S/C24H31N3O2/c1-15-16(2)27(13-12-26(15)23(28)17-6-5-7-17)24(29)18-10-11-22-20(14-18)19-8-3-4-9-21(19)25-22/h10-11,14-17,25H,3-9,12-13H2,1-2H3/t15-,16+/m1/s1. The number of benzene rings is 1. The molecule has 0 unspecified atom stereocenters. The summed E-state index contributed by atoms with van der Waals surface area (Å²) in [6.07, 6.45) is 7.90. The Kier molecular flexibility index (Phi) is 4.64. The molecule has 5 nitrogen and oxygen atoms in total. The van der Waals surface area contributed by atoms with Gasteiger partial charge in [-0.3, -0.25) is 9.59 Å². The number of nitrogens with one attached hydrogen (secondary N) is 1. The van der Waals surface area contributed by atoms with E-state index >= 15 is 0 Å². The van der Waals surface area contributed by atoms with Gasteiger partial charge < -0.3 is 14.8 Å². The van der Waals surface area contributed by atoms with E-state index < -0.39 is 0 Å². The van der Waals surface area contributed by atoms with E-state index in [2.05, 4.69) is 31.0 Å². The predicted octanol–water partition coefficient (Wildman–Crippen LogP) is 3.91. The maximum atomic E-state index is 13.4. The molecular weight excluding hydrogens is 362 g/mol. The van der Waals surface area contributed by atoms with Crippen LogP contribution in [0.15, 0.2) is 18.2 Å². The van der Waals surface area contributed by atoms with E-state index in [1.165, 1.54) is 35.9 Å². The van der Waals surface area contributed by atoms with Gasteiger partial charge in [-0.15, -0.1) is 0 Å². The van der Waals surface area contributed by atoms with Crippen LogP contribution in [0.2, 0.25) is 0 Å². The summed E-state index contributed by atoms with van der Waals surface area (Å²) < 4.78 is 0. The second kappa shape index (κ2) is 7.19. The third-order valence-electron chi connectivity index (χ3n) is 7.61. The Morgan fingerprint density at radius 2 is 1.69 bits per heavy atom. The van der Waals surface area contributed by atoms with Gasteiger partial charge in [-0.05, 0) is 76.1 Å². The van der Waals surface area contributed by atoms with Gasteiger partial charge in [0.1, 0.15) is 0 Å². The molecule has 1 aromatic heterocycles. The Labute approximate surface area is 172 Å². The highest BCUT2D eigenvalue weighted by Crippen LogP contribution is 2.32. The molecule has 5 heteroatoms. The van der Waals surface area contributed by atoms with Gasteiger partial charge in [0.2, 0.25) is 5.91 Å². The summed E-state index contributed by atoms with van der Waals surface area (Å²) in [6, 6.07) is 6.18. The molecule has 1 saturated carbocycles. The Balaban J connectivity index is 1.37. The Hall–Kier alpha value is -2.30. The van der Waals surface area contributed by atoms with Crippen LogP contribution in [0, 0.1) is 5.92 Å². The highest BCUT2D eigenvalue weighted by atomic mass is 16.2. The predicted molar refractivity (Wildman–Crippen MR) is 114 cm³/mol. The van der Waals surface area contributed by atoms with Gasteiger partial charge in [0.15, 0.2) is 0 Å². The number of aromatic nitrogens is 1. The fraction of sp³-hybridized carbons (Fsp3) is 0.583. The average Bonchev–Trinajstić information content (AvgIpc) is 3.06. The number of hydrogen-bond donors (Lipinski definition) is 1. The minimum absolute atomic E-state index is 0.0242. The van der Waals surface area contributed by atoms with E-state index in [1.54, 1.807) is 0 Å². The third kappa shape index (κ3) is 3.06. The number of aromatic amines is 1. The van der Waals surface area contributed by atoms with Crippen molar-refractivity contribution in [2.45, 2.75) is 70.9 Å². The minimum Gasteiger partial charge on any atom is -0.358 e. The van der Waals surface area contributed by atoms with Gasteiger partial charge in [-0.25, -0.2) is 0 Å². The van der Waals surface area contributed by atoms with Gasteiger partial charge in [0, 0.05) is 53.3 Å². The molecule has 2 heterocycles. The number of carbonyl (C=O) groups excluding carboxylic acids is 2.